The molecule has 0 bridgehead atoms. The Morgan fingerprint density at radius 1 is 0.895 bits per heavy atom. The molecule has 1 saturated heterocycles. The Labute approximate surface area is 228 Å². The second-order valence-electron chi connectivity index (χ2n) is 10.1. The van der Waals surface area contributed by atoms with Crippen molar-refractivity contribution in [3.8, 4) is 11.3 Å². The van der Waals surface area contributed by atoms with E-state index in [0.717, 1.165) is 46.6 Å². The normalized spacial score (nSPS) is 16.7. The Kier molecular flexibility index (Phi) is 8.01. The zero-order chi connectivity index (χ0) is 25.2. The number of nitrogens with one attached hydrogen (secondary N) is 1. The first-order chi connectivity index (χ1) is 18.1. The Morgan fingerprint density at radius 2 is 1.68 bits per heavy atom. The zero-order valence-electron chi connectivity index (χ0n) is 21.2. The van der Waals surface area contributed by atoms with E-state index < -0.39 is 11.6 Å². The molecule has 6 rings (SSSR count). The van der Waals surface area contributed by atoms with Gasteiger partial charge in [0.1, 0.15) is 0 Å². The van der Waals surface area contributed by atoms with Crippen LogP contribution in [-0.2, 0) is 12.8 Å². The number of likely N-dealkylation sites (tertiary alicyclic amines) is 1. The fraction of sp³-hybridized carbons (Fsp3) is 0.290. The van der Waals surface area contributed by atoms with Crippen LogP contribution >= 0.6 is 12.4 Å². The number of fused-ring (bicyclic) bond motifs is 3. The molecule has 3 aromatic carbocycles. The molecule has 1 aliphatic heterocycles. The first-order valence-electron chi connectivity index (χ1n) is 13.1. The Hall–Kier alpha value is -3.35. The zero-order valence-corrected chi connectivity index (χ0v) is 22.0. The number of nitrogens with zero attached hydrogens (tertiary/aromatic N) is 3. The Balaban J connectivity index is 0.00000294. The van der Waals surface area contributed by atoms with Crippen LogP contribution in [0.25, 0.3) is 11.3 Å². The summed E-state index contributed by atoms with van der Waals surface area (Å²) in [6.45, 7) is 3.56. The summed E-state index contributed by atoms with van der Waals surface area (Å²) >= 11 is 0. The lowest BCUT2D eigenvalue weighted by Gasteiger charge is -2.27. The quantitative estimate of drug-likeness (QED) is 0.283. The summed E-state index contributed by atoms with van der Waals surface area (Å²) in [7, 11) is 0. The average molecular weight is 533 g/mol. The molecule has 1 aliphatic carbocycles. The molecule has 2 aliphatic rings. The molecular weight excluding hydrogens is 502 g/mol. The van der Waals surface area contributed by atoms with E-state index >= 15 is 0 Å². The third-order valence-electron chi connectivity index (χ3n) is 7.60. The maximum atomic E-state index is 14.0. The van der Waals surface area contributed by atoms with Gasteiger partial charge in [0, 0.05) is 29.9 Å². The third kappa shape index (κ3) is 5.57. The molecule has 0 radical (unpaired) electrons. The molecule has 1 fully saturated rings. The van der Waals surface area contributed by atoms with Gasteiger partial charge in [-0.1, -0.05) is 48.9 Å². The van der Waals surface area contributed by atoms with Crippen LogP contribution in [-0.4, -0.2) is 34.5 Å². The number of benzene rings is 3. The smallest absolute Gasteiger partial charge is 0.227 e. The van der Waals surface area contributed by atoms with Gasteiger partial charge in [0.2, 0.25) is 5.95 Å². The summed E-state index contributed by atoms with van der Waals surface area (Å²) in [5.74, 6) is -1.20. The van der Waals surface area contributed by atoms with Crippen molar-refractivity contribution in [1.82, 2.24) is 14.9 Å². The minimum atomic E-state index is -0.831. The SMILES string of the molecule is Cl.Fc1ccc([C@H]2Cc3cnc(Nc4ccc(CCN5CCCCC5)cc4)nc3-c3ccccc32)cc1F. The summed E-state index contributed by atoms with van der Waals surface area (Å²) < 4.78 is 27.6. The van der Waals surface area contributed by atoms with Crippen molar-refractivity contribution in [2.75, 3.05) is 25.0 Å². The minimum Gasteiger partial charge on any atom is -0.324 e. The first kappa shape index (κ1) is 26.3. The van der Waals surface area contributed by atoms with Gasteiger partial charge >= 0.3 is 0 Å². The molecule has 0 amide bonds. The molecule has 1 N–H and O–H groups in total. The van der Waals surface area contributed by atoms with Crippen LogP contribution in [0, 0.1) is 11.6 Å². The van der Waals surface area contributed by atoms with E-state index in [1.807, 2.05) is 30.5 Å². The van der Waals surface area contributed by atoms with Crippen LogP contribution in [0.5, 0.6) is 0 Å². The van der Waals surface area contributed by atoms with Crippen molar-refractivity contribution in [3.63, 3.8) is 0 Å². The average Bonchev–Trinajstić information content (AvgIpc) is 2.94. The molecule has 1 atom stereocenters. The van der Waals surface area contributed by atoms with E-state index in [2.05, 4.69) is 39.5 Å². The van der Waals surface area contributed by atoms with Gasteiger partial charge in [-0.15, -0.1) is 12.4 Å². The lowest BCUT2D eigenvalue weighted by atomic mass is 9.78. The molecule has 196 valence electrons. The van der Waals surface area contributed by atoms with E-state index in [0.29, 0.717) is 12.4 Å². The molecule has 7 heteroatoms. The van der Waals surface area contributed by atoms with Crippen LogP contribution in [0.15, 0.2) is 72.9 Å². The molecule has 0 unspecified atom stereocenters. The summed E-state index contributed by atoms with van der Waals surface area (Å²) in [5, 5.41) is 3.35. The van der Waals surface area contributed by atoms with Gasteiger partial charge in [0.05, 0.1) is 5.69 Å². The van der Waals surface area contributed by atoms with Gasteiger partial charge in [0.25, 0.3) is 0 Å². The summed E-state index contributed by atoms with van der Waals surface area (Å²) in [5.41, 5.74) is 6.96. The van der Waals surface area contributed by atoms with E-state index in [-0.39, 0.29) is 18.3 Å². The monoisotopic (exact) mass is 532 g/mol. The molecule has 38 heavy (non-hydrogen) atoms. The van der Waals surface area contributed by atoms with Crippen molar-refractivity contribution in [1.29, 1.82) is 0 Å². The lowest BCUT2D eigenvalue weighted by molar-refractivity contribution is 0.231. The number of anilines is 2. The maximum Gasteiger partial charge on any atom is 0.227 e. The van der Waals surface area contributed by atoms with Crippen molar-refractivity contribution >= 4 is 24.0 Å². The van der Waals surface area contributed by atoms with Crippen LogP contribution in [0.4, 0.5) is 20.4 Å². The van der Waals surface area contributed by atoms with Gasteiger partial charge in [-0.3, -0.25) is 0 Å². The van der Waals surface area contributed by atoms with E-state index in [1.165, 1.54) is 50.0 Å². The predicted octanol–water partition coefficient (Wildman–Crippen LogP) is 7.30. The third-order valence-corrected chi connectivity index (χ3v) is 7.60. The van der Waals surface area contributed by atoms with Gasteiger partial charge in [0.15, 0.2) is 11.6 Å². The highest BCUT2D eigenvalue weighted by molar-refractivity contribution is 5.85. The molecule has 2 heterocycles. The van der Waals surface area contributed by atoms with E-state index in [9.17, 15) is 8.78 Å². The Morgan fingerprint density at radius 3 is 2.47 bits per heavy atom. The second-order valence-corrected chi connectivity index (χ2v) is 10.1. The fourth-order valence-corrected chi connectivity index (χ4v) is 5.58. The number of rotatable bonds is 6. The Bertz CT molecular complexity index is 1400. The summed E-state index contributed by atoms with van der Waals surface area (Å²) in [6, 6.07) is 20.7. The molecule has 0 saturated carbocycles. The fourth-order valence-electron chi connectivity index (χ4n) is 5.58. The number of piperidine rings is 1. The molecule has 0 spiro atoms. The molecule has 4 aromatic rings. The molecular formula is C31H31ClF2N4. The first-order valence-corrected chi connectivity index (χ1v) is 13.1. The van der Waals surface area contributed by atoms with Crippen molar-refractivity contribution in [2.24, 2.45) is 0 Å². The highest BCUT2D eigenvalue weighted by Crippen LogP contribution is 2.42. The topological polar surface area (TPSA) is 41.1 Å². The summed E-state index contributed by atoms with van der Waals surface area (Å²) in [6.07, 6.45) is 7.54. The van der Waals surface area contributed by atoms with Crippen molar-refractivity contribution in [3.05, 3.63) is 107 Å². The van der Waals surface area contributed by atoms with Crippen molar-refractivity contribution < 1.29 is 8.78 Å². The van der Waals surface area contributed by atoms with Crippen LogP contribution in [0.3, 0.4) is 0 Å². The lowest BCUT2D eigenvalue weighted by Crippen LogP contribution is -2.31. The predicted molar refractivity (Wildman–Crippen MR) is 150 cm³/mol. The number of halogens is 3. The van der Waals surface area contributed by atoms with E-state index in [1.54, 1.807) is 6.07 Å². The van der Waals surface area contributed by atoms with Crippen LogP contribution in [0.1, 0.15) is 47.4 Å². The van der Waals surface area contributed by atoms with Crippen LogP contribution < -0.4 is 5.32 Å². The van der Waals surface area contributed by atoms with Gasteiger partial charge < -0.3 is 10.2 Å². The summed E-state index contributed by atoms with van der Waals surface area (Å²) in [4.78, 5) is 12.0. The van der Waals surface area contributed by atoms with Gasteiger partial charge in [-0.05, 0) is 85.3 Å². The minimum absolute atomic E-state index is 0. The second kappa shape index (κ2) is 11.6. The highest BCUT2D eigenvalue weighted by atomic mass is 35.5. The molecule has 4 nitrogen and oxygen atoms in total. The van der Waals surface area contributed by atoms with Gasteiger partial charge in [-0.2, -0.15) is 0 Å². The molecule has 1 aromatic heterocycles. The van der Waals surface area contributed by atoms with Crippen molar-refractivity contribution in [2.45, 2.75) is 38.0 Å². The van der Waals surface area contributed by atoms with Crippen LogP contribution in [0.2, 0.25) is 0 Å². The standard InChI is InChI=1S/C31H30F2N4.ClH/c32-28-13-10-22(19-29(28)33)27-18-23-20-34-31(36-30(23)26-7-3-2-6-25(26)27)35-24-11-8-21(9-12-24)14-17-37-15-4-1-5-16-37;/h2-3,6-13,19-20,27H,1,4-5,14-18H2,(H,34,35,36);1H/t27-;/m1./s1. The van der Waals surface area contributed by atoms with Gasteiger partial charge in [-0.25, -0.2) is 18.7 Å². The number of aromatic nitrogens is 2. The van der Waals surface area contributed by atoms with E-state index in [4.69, 9.17) is 4.98 Å². The number of hydrogen-bond donors (Lipinski definition) is 1. The number of hydrogen-bond acceptors (Lipinski definition) is 4. The maximum absolute atomic E-state index is 14.0. The largest absolute Gasteiger partial charge is 0.324 e. The highest BCUT2D eigenvalue weighted by Gasteiger charge is 2.28.